The molecule has 2 aromatic rings. The van der Waals surface area contributed by atoms with Gasteiger partial charge in [0.2, 0.25) is 0 Å². The summed E-state index contributed by atoms with van der Waals surface area (Å²) in [5, 5.41) is 0. The molecule has 0 N–H and O–H groups in total. The second-order valence-corrected chi connectivity index (χ2v) is 2.92. The average Bonchev–Trinajstić information content (AvgIpc) is 2.77. The predicted molar refractivity (Wildman–Crippen MR) is 66.1 cm³/mol. The summed E-state index contributed by atoms with van der Waals surface area (Å²) in [5.41, 5.74) is 1.63. The molecule has 2 rings (SSSR count). The Labute approximate surface area is 97.2 Å². The summed E-state index contributed by atoms with van der Waals surface area (Å²) in [6.45, 7) is 0. The largest absolute Gasteiger partial charge is 0.497 e. The minimum Gasteiger partial charge on any atom is -0.497 e. The van der Waals surface area contributed by atoms with Crippen LogP contribution in [0.25, 0.3) is 11.3 Å². The molecule has 0 radical (unpaired) electrons. The van der Waals surface area contributed by atoms with Crippen molar-refractivity contribution in [1.82, 2.24) is 4.98 Å². The number of methoxy groups -OCH3 is 2. The number of rotatable bonds is 3. The minimum absolute atomic E-state index is 0. The molecule has 1 aromatic carbocycles. The van der Waals surface area contributed by atoms with Crippen LogP contribution in [0.2, 0.25) is 0 Å². The topological polar surface area (TPSA) is 44.5 Å². The first-order valence-corrected chi connectivity index (χ1v) is 4.47. The van der Waals surface area contributed by atoms with E-state index in [4.69, 9.17) is 13.9 Å². The van der Waals surface area contributed by atoms with Gasteiger partial charge < -0.3 is 13.9 Å². The first kappa shape index (κ1) is 12.5. The molecular weight excluding hydrogens is 225 g/mol. The standard InChI is InChI=1S/C11H11NO3.H3P/c1-13-9-5-3-8(4-6-9)10-11(14-2)15-7-12-10;/h3-7H,1-2H3;1H3. The maximum Gasteiger partial charge on any atom is 0.313 e. The quantitative estimate of drug-likeness (QED) is 0.771. The fourth-order valence-corrected chi connectivity index (χ4v) is 1.32. The molecule has 0 aliphatic rings. The molecule has 1 heterocycles. The summed E-state index contributed by atoms with van der Waals surface area (Å²) >= 11 is 0. The van der Waals surface area contributed by atoms with Gasteiger partial charge in [-0.1, -0.05) is 0 Å². The van der Waals surface area contributed by atoms with Crippen LogP contribution in [-0.4, -0.2) is 19.2 Å². The van der Waals surface area contributed by atoms with Crippen LogP contribution in [0.3, 0.4) is 0 Å². The second-order valence-electron chi connectivity index (χ2n) is 2.92. The third-order valence-corrected chi connectivity index (χ3v) is 2.08. The maximum absolute atomic E-state index is 5.07. The molecule has 0 aliphatic heterocycles. The van der Waals surface area contributed by atoms with Crippen molar-refractivity contribution in [3.05, 3.63) is 30.7 Å². The van der Waals surface area contributed by atoms with E-state index in [1.165, 1.54) is 6.39 Å². The molecule has 0 saturated carbocycles. The zero-order chi connectivity index (χ0) is 10.7. The van der Waals surface area contributed by atoms with E-state index in [1.54, 1.807) is 14.2 Å². The lowest BCUT2D eigenvalue weighted by Crippen LogP contribution is -1.86. The van der Waals surface area contributed by atoms with Gasteiger partial charge in [0.1, 0.15) is 5.75 Å². The van der Waals surface area contributed by atoms with Crippen LogP contribution < -0.4 is 9.47 Å². The Morgan fingerprint density at radius 3 is 2.31 bits per heavy atom. The van der Waals surface area contributed by atoms with Crippen LogP contribution in [-0.2, 0) is 0 Å². The van der Waals surface area contributed by atoms with Gasteiger partial charge in [0.15, 0.2) is 12.1 Å². The molecule has 4 nitrogen and oxygen atoms in total. The smallest absolute Gasteiger partial charge is 0.313 e. The van der Waals surface area contributed by atoms with Crippen molar-refractivity contribution >= 4 is 9.90 Å². The van der Waals surface area contributed by atoms with E-state index in [9.17, 15) is 0 Å². The van der Waals surface area contributed by atoms with Crippen molar-refractivity contribution in [3.8, 4) is 23.0 Å². The number of nitrogens with zero attached hydrogens (tertiary/aromatic N) is 1. The van der Waals surface area contributed by atoms with Crippen LogP contribution in [0.5, 0.6) is 11.7 Å². The maximum atomic E-state index is 5.07. The van der Waals surface area contributed by atoms with Crippen molar-refractivity contribution < 1.29 is 13.9 Å². The highest BCUT2D eigenvalue weighted by molar-refractivity contribution is 6.92. The summed E-state index contributed by atoms with van der Waals surface area (Å²) in [6.07, 6.45) is 1.36. The van der Waals surface area contributed by atoms with Crippen LogP contribution in [0.1, 0.15) is 0 Å². The number of aromatic nitrogens is 1. The molecule has 0 spiro atoms. The molecule has 0 fully saturated rings. The second kappa shape index (κ2) is 5.52. The fraction of sp³-hybridized carbons (Fsp3) is 0.182. The first-order valence-electron chi connectivity index (χ1n) is 4.47. The number of hydrogen-bond acceptors (Lipinski definition) is 4. The van der Waals surface area contributed by atoms with Crippen LogP contribution in [0, 0.1) is 0 Å². The molecule has 1 atom stereocenters. The van der Waals surface area contributed by atoms with Crippen molar-refractivity contribution in [1.29, 1.82) is 0 Å². The Kier molecular flexibility index (Phi) is 4.32. The van der Waals surface area contributed by atoms with Crippen LogP contribution in [0.4, 0.5) is 0 Å². The van der Waals surface area contributed by atoms with Gasteiger partial charge in [0, 0.05) is 5.56 Å². The van der Waals surface area contributed by atoms with Gasteiger partial charge in [-0.05, 0) is 24.3 Å². The Bertz CT molecular complexity index is 439. The highest BCUT2D eigenvalue weighted by atomic mass is 31.0. The van der Waals surface area contributed by atoms with Gasteiger partial charge in [-0.15, -0.1) is 0 Å². The third-order valence-electron chi connectivity index (χ3n) is 2.08. The van der Waals surface area contributed by atoms with E-state index < -0.39 is 0 Å². The van der Waals surface area contributed by atoms with E-state index in [0.29, 0.717) is 11.6 Å². The molecule has 1 aromatic heterocycles. The molecule has 0 saturated heterocycles. The summed E-state index contributed by atoms with van der Waals surface area (Å²) in [5.74, 6) is 1.22. The lowest BCUT2D eigenvalue weighted by molar-refractivity contribution is 0.306. The highest BCUT2D eigenvalue weighted by Gasteiger charge is 2.10. The van der Waals surface area contributed by atoms with E-state index in [1.807, 2.05) is 24.3 Å². The Balaban J connectivity index is 0.00000128. The molecular formula is C11H14NO3P. The van der Waals surface area contributed by atoms with E-state index in [-0.39, 0.29) is 9.90 Å². The summed E-state index contributed by atoms with van der Waals surface area (Å²) in [7, 11) is 3.18. The summed E-state index contributed by atoms with van der Waals surface area (Å²) < 4.78 is 15.2. The fourth-order valence-electron chi connectivity index (χ4n) is 1.32. The van der Waals surface area contributed by atoms with Gasteiger partial charge in [-0.25, -0.2) is 4.98 Å². The third kappa shape index (κ3) is 2.34. The molecule has 16 heavy (non-hydrogen) atoms. The Hall–Kier alpha value is -1.54. The zero-order valence-electron chi connectivity index (χ0n) is 9.27. The van der Waals surface area contributed by atoms with Gasteiger partial charge in [-0.2, -0.15) is 9.90 Å². The highest BCUT2D eigenvalue weighted by Crippen LogP contribution is 2.29. The molecule has 0 amide bonds. The van der Waals surface area contributed by atoms with Crippen LogP contribution in [0.15, 0.2) is 35.1 Å². The molecule has 86 valence electrons. The monoisotopic (exact) mass is 239 g/mol. The van der Waals surface area contributed by atoms with Crippen molar-refractivity contribution in [2.75, 3.05) is 14.2 Å². The minimum atomic E-state index is 0. The van der Waals surface area contributed by atoms with E-state index in [0.717, 1.165) is 11.3 Å². The first-order chi connectivity index (χ1) is 7.35. The Morgan fingerprint density at radius 2 is 1.75 bits per heavy atom. The molecule has 0 bridgehead atoms. The van der Waals surface area contributed by atoms with Crippen molar-refractivity contribution in [2.45, 2.75) is 0 Å². The lowest BCUT2D eigenvalue weighted by Gasteiger charge is -2.01. The normalized spacial score (nSPS) is 9.38. The van der Waals surface area contributed by atoms with Gasteiger partial charge >= 0.3 is 5.95 Å². The molecule has 1 unspecified atom stereocenters. The number of hydrogen-bond donors (Lipinski definition) is 0. The molecule has 5 heteroatoms. The van der Waals surface area contributed by atoms with E-state index in [2.05, 4.69) is 4.98 Å². The summed E-state index contributed by atoms with van der Waals surface area (Å²) in [4.78, 5) is 4.08. The van der Waals surface area contributed by atoms with Crippen molar-refractivity contribution in [2.24, 2.45) is 0 Å². The number of benzene rings is 1. The van der Waals surface area contributed by atoms with Gasteiger partial charge in [-0.3, -0.25) is 0 Å². The Morgan fingerprint density at radius 1 is 1.06 bits per heavy atom. The summed E-state index contributed by atoms with van der Waals surface area (Å²) in [6, 6.07) is 7.53. The van der Waals surface area contributed by atoms with E-state index >= 15 is 0 Å². The van der Waals surface area contributed by atoms with Gasteiger partial charge in [0.25, 0.3) is 0 Å². The average molecular weight is 239 g/mol. The number of oxazole rings is 1. The van der Waals surface area contributed by atoms with Crippen molar-refractivity contribution in [3.63, 3.8) is 0 Å². The van der Waals surface area contributed by atoms with Crippen LogP contribution >= 0.6 is 9.90 Å². The predicted octanol–water partition coefficient (Wildman–Crippen LogP) is 2.42. The molecule has 0 aliphatic carbocycles. The van der Waals surface area contributed by atoms with Gasteiger partial charge in [0.05, 0.1) is 14.2 Å². The lowest BCUT2D eigenvalue weighted by atomic mass is 10.1. The zero-order valence-corrected chi connectivity index (χ0v) is 10.7. The number of ether oxygens (including phenoxy) is 2. The SMILES string of the molecule is COc1ccc(-c2ncoc2OC)cc1.P.